The Labute approximate surface area is 128 Å². The maximum atomic E-state index is 12.1. The number of nitrogens with one attached hydrogen (secondary N) is 1. The van der Waals surface area contributed by atoms with Gasteiger partial charge in [0.2, 0.25) is 0 Å². The van der Waals surface area contributed by atoms with Crippen molar-refractivity contribution in [3.05, 3.63) is 28.2 Å². The van der Waals surface area contributed by atoms with Gasteiger partial charge in [0.1, 0.15) is 5.75 Å². The summed E-state index contributed by atoms with van der Waals surface area (Å²) < 4.78 is 5.95. The number of rotatable bonds is 5. The molecule has 1 atom stereocenters. The quantitative estimate of drug-likeness (QED) is 0.895. The predicted molar refractivity (Wildman–Crippen MR) is 83.3 cm³/mol. The van der Waals surface area contributed by atoms with E-state index in [4.69, 9.17) is 4.74 Å². The normalized spacial score (nSPS) is 16.9. The molecule has 1 heterocycles. The zero-order chi connectivity index (χ0) is 14.5. The first-order valence-corrected chi connectivity index (χ1v) is 7.77. The Morgan fingerprint density at radius 3 is 2.75 bits per heavy atom. The summed E-state index contributed by atoms with van der Waals surface area (Å²) in [6.07, 6.45) is 2.54. The fourth-order valence-corrected chi connectivity index (χ4v) is 3.00. The lowest BCUT2D eigenvalue weighted by atomic mass is 10.2. The van der Waals surface area contributed by atoms with Crippen LogP contribution in [0.15, 0.2) is 22.7 Å². The molecular weight excluding hydrogens is 320 g/mol. The van der Waals surface area contributed by atoms with Crippen molar-refractivity contribution < 1.29 is 9.53 Å². The van der Waals surface area contributed by atoms with Crippen LogP contribution in [0.2, 0.25) is 0 Å². The van der Waals surface area contributed by atoms with E-state index in [0.717, 1.165) is 23.3 Å². The predicted octanol–water partition coefficient (Wildman–Crippen LogP) is 2.67. The van der Waals surface area contributed by atoms with E-state index in [1.54, 1.807) is 25.3 Å². The molecule has 0 bridgehead atoms. The number of ether oxygens (including phenoxy) is 1. The monoisotopic (exact) mass is 340 g/mol. The number of benzene rings is 1. The fraction of sp³-hybridized carbons (Fsp3) is 0.533. The Kier molecular flexibility index (Phi) is 5.43. The number of carbonyl (C=O) groups excluding carboxylic acids is 1. The molecule has 1 unspecified atom stereocenters. The van der Waals surface area contributed by atoms with Gasteiger partial charge in [-0.1, -0.05) is 0 Å². The molecular formula is C15H21BrN2O2. The number of hydrogen-bond donors (Lipinski definition) is 1. The van der Waals surface area contributed by atoms with Crippen LogP contribution in [0.1, 0.15) is 30.1 Å². The molecule has 110 valence electrons. The van der Waals surface area contributed by atoms with Gasteiger partial charge in [0.05, 0.1) is 11.6 Å². The Balaban J connectivity index is 1.89. The first kappa shape index (κ1) is 15.3. The maximum absolute atomic E-state index is 12.1. The third kappa shape index (κ3) is 3.73. The lowest BCUT2D eigenvalue weighted by Crippen LogP contribution is -2.40. The van der Waals surface area contributed by atoms with Crippen LogP contribution in [0.5, 0.6) is 5.75 Å². The van der Waals surface area contributed by atoms with E-state index in [0.29, 0.717) is 18.2 Å². The summed E-state index contributed by atoms with van der Waals surface area (Å²) in [7, 11) is 1.61. The van der Waals surface area contributed by atoms with Gasteiger partial charge in [-0.25, -0.2) is 0 Å². The van der Waals surface area contributed by atoms with Crippen LogP contribution in [0, 0.1) is 0 Å². The maximum Gasteiger partial charge on any atom is 0.251 e. The molecule has 1 aromatic carbocycles. The van der Waals surface area contributed by atoms with Gasteiger partial charge in [0.25, 0.3) is 5.91 Å². The van der Waals surface area contributed by atoms with E-state index >= 15 is 0 Å². The number of likely N-dealkylation sites (tertiary alicyclic amines) is 1. The molecule has 1 fully saturated rings. The Morgan fingerprint density at radius 1 is 1.45 bits per heavy atom. The Hall–Kier alpha value is -1.07. The summed E-state index contributed by atoms with van der Waals surface area (Å²) in [6, 6.07) is 5.75. The third-order valence-electron chi connectivity index (χ3n) is 3.74. The molecule has 1 N–H and O–H groups in total. The van der Waals surface area contributed by atoms with E-state index in [1.807, 2.05) is 0 Å². The van der Waals surface area contributed by atoms with Crippen LogP contribution in [-0.4, -0.2) is 43.6 Å². The van der Waals surface area contributed by atoms with Gasteiger partial charge < -0.3 is 10.1 Å². The van der Waals surface area contributed by atoms with Gasteiger partial charge in [-0.2, -0.15) is 0 Å². The van der Waals surface area contributed by atoms with Crippen molar-refractivity contribution in [1.82, 2.24) is 10.2 Å². The third-order valence-corrected chi connectivity index (χ3v) is 4.36. The summed E-state index contributed by atoms with van der Waals surface area (Å²) in [5.74, 6) is 0.686. The van der Waals surface area contributed by atoms with Crippen LogP contribution >= 0.6 is 15.9 Å². The topological polar surface area (TPSA) is 41.6 Å². The summed E-state index contributed by atoms with van der Waals surface area (Å²) in [4.78, 5) is 14.5. The van der Waals surface area contributed by atoms with Crippen LogP contribution in [0.3, 0.4) is 0 Å². The van der Waals surface area contributed by atoms with Gasteiger partial charge in [-0.15, -0.1) is 0 Å². The summed E-state index contributed by atoms with van der Waals surface area (Å²) in [6.45, 7) is 5.13. The van der Waals surface area contributed by atoms with E-state index in [1.165, 1.54) is 12.8 Å². The van der Waals surface area contributed by atoms with Crippen molar-refractivity contribution >= 4 is 21.8 Å². The number of hydrogen-bond acceptors (Lipinski definition) is 3. The van der Waals surface area contributed by atoms with Crippen molar-refractivity contribution in [2.75, 3.05) is 26.7 Å². The Bertz CT molecular complexity index is 473. The molecule has 2 rings (SSSR count). The zero-order valence-electron chi connectivity index (χ0n) is 12.0. The number of halogens is 1. The van der Waals surface area contributed by atoms with Crippen molar-refractivity contribution in [1.29, 1.82) is 0 Å². The van der Waals surface area contributed by atoms with Crippen LogP contribution in [0.25, 0.3) is 0 Å². The smallest absolute Gasteiger partial charge is 0.251 e. The fourth-order valence-electron chi connectivity index (χ4n) is 2.46. The minimum absolute atomic E-state index is 0.0422. The SMILES string of the molecule is COc1ccc(C(=O)NCC(C)N2CCCC2)cc1Br. The second-order valence-corrected chi connectivity index (χ2v) is 6.01. The highest BCUT2D eigenvalue weighted by Crippen LogP contribution is 2.25. The number of carbonyl (C=O) groups is 1. The van der Waals surface area contributed by atoms with Gasteiger partial charge in [-0.05, 0) is 67.0 Å². The molecule has 5 heteroatoms. The summed E-state index contributed by atoms with van der Waals surface area (Å²) in [5, 5.41) is 3.00. The molecule has 0 saturated carbocycles. The molecule has 1 amide bonds. The van der Waals surface area contributed by atoms with E-state index in [9.17, 15) is 4.79 Å². The van der Waals surface area contributed by atoms with Crippen LogP contribution in [0.4, 0.5) is 0 Å². The van der Waals surface area contributed by atoms with Gasteiger partial charge in [0, 0.05) is 18.2 Å². The average Bonchev–Trinajstić information content (AvgIpc) is 2.98. The lowest BCUT2D eigenvalue weighted by Gasteiger charge is -2.23. The molecule has 0 radical (unpaired) electrons. The van der Waals surface area contributed by atoms with Crippen molar-refractivity contribution in [2.45, 2.75) is 25.8 Å². The zero-order valence-corrected chi connectivity index (χ0v) is 13.6. The molecule has 20 heavy (non-hydrogen) atoms. The first-order valence-electron chi connectivity index (χ1n) is 6.97. The number of nitrogens with zero attached hydrogens (tertiary/aromatic N) is 1. The number of methoxy groups -OCH3 is 1. The molecule has 0 aromatic heterocycles. The molecule has 4 nitrogen and oxygen atoms in total. The average molecular weight is 341 g/mol. The van der Waals surface area contributed by atoms with Crippen molar-refractivity contribution in [2.24, 2.45) is 0 Å². The van der Waals surface area contributed by atoms with Crippen LogP contribution < -0.4 is 10.1 Å². The van der Waals surface area contributed by atoms with E-state index in [2.05, 4.69) is 33.1 Å². The van der Waals surface area contributed by atoms with Gasteiger partial charge in [0.15, 0.2) is 0 Å². The second-order valence-electron chi connectivity index (χ2n) is 5.15. The van der Waals surface area contributed by atoms with Crippen molar-refractivity contribution in [3.8, 4) is 5.75 Å². The summed E-state index contributed by atoms with van der Waals surface area (Å²) >= 11 is 3.40. The molecule has 1 saturated heterocycles. The van der Waals surface area contributed by atoms with Gasteiger partial charge in [-0.3, -0.25) is 9.69 Å². The highest BCUT2D eigenvalue weighted by Gasteiger charge is 2.18. The number of amides is 1. The molecule has 0 aliphatic carbocycles. The molecule has 1 aliphatic rings. The largest absolute Gasteiger partial charge is 0.496 e. The lowest BCUT2D eigenvalue weighted by molar-refractivity contribution is 0.0940. The summed E-state index contributed by atoms with van der Waals surface area (Å²) in [5.41, 5.74) is 0.645. The van der Waals surface area contributed by atoms with Gasteiger partial charge >= 0.3 is 0 Å². The highest BCUT2D eigenvalue weighted by atomic mass is 79.9. The first-order chi connectivity index (χ1) is 9.61. The second kappa shape index (κ2) is 7.09. The molecule has 1 aromatic rings. The standard InChI is InChI=1S/C15H21BrN2O2/c1-11(18-7-3-4-8-18)10-17-15(19)12-5-6-14(20-2)13(16)9-12/h5-6,9,11H,3-4,7-8,10H2,1-2H3,(H,17,19). The molecule has 0 spiro atoms. The minimum Gasteiger partial charge on any atom is -0.496 e. The van der Waals surface area contributed by atoms with Crippen LogP contribution in [-0.2, 0) is 0 Å². The molecule has 1 aliphatic heterocycles. The van der Waals surface area contributed by atoms with Crippen molar-refractivity contribution in [3.63, 3.8) is 0 Å². The Morgan fingerprint density at radius 2 is 2.15 bits per heavy atom. The van der Waals surface area contributed by atoms with E-state index < -0.39 is 0 Å². The highest BCUT2D eigenvalue weighted by molar-refractivity contribution is 9.10. The van der Waals surface area contributed by atoms with E-state index in [-0.39, 0.29) is 5.91 Å². The minimum atomic E-state index is -0.0422.